The molecule has 1 aromatic rings. The van der Waals surface area contributed by atoms with E-state index in [-0.39, 0.29) is 6.04 Å². The number of rotatable bonds is 2. The van der Waals surface area contributed by atoms with Crippen molar-refractivity contribution in [1.29, 1.82) is 0 Å². The average Bonchev–Trinajstić information content (AvgIpc) is 2.85. The van der Waals surface area contributed by atoms with Gasteiger partial charge >= 0.3 is 11.8 Å². The van der Waals surface area contributed by atoms with Crippen molar-refractivity contribution in [2.45, 2.75) is 31.7 Å². The first-order chi connectivity index (χ1) is 8.59. The second-order valence-electron chi connectivity index (χ2n) is 4.45. The molecule has 5 heteroatoms. The van der Waals surface area contributed by atoms with Crippen LogP contribution in [0.5, 0.6) is 0 Å². The van der Waals surface area contributed by atoms with Crippen LogP contribution in [0.4, 0.5) is 5.69 Å². The summed E-state index contributed by atoms with van der Waals surface area (Å²) in [5, 5.41) is 0. The fourth-order valence-electron chi connectivity index (χ4n) is 2.38. The van der Waals surface area contributed by atoms with Crippen LogP contribution in [-0.4, -0.2) is 17.9 Å². The predicted octanol–water partition coefficient (Wildman–Crippen LogP) is 2.21. The molecule has 0 saturated heterocycles. The number of halogens is 1. The minimum atomic E-state index is -0.898. The van der Waals surface area contributed by atoms with Gasteiger partial charge in [-0.2, -0.15) is 0 Å². The second-order valence-corrected chi connectivity index (χ2v) is 5.37. The number of nitrogens with zero attached hydrogens (tertiary/aromatic N) is 1. The summed E-state index contributed by atoms with van der Waals surface area (Å²) in [7, 11) is 0. The van der Waals surface area contributed by atoms with Crippen molar-refractivity contribution in [3.63, 3.8) is 0 Å². The van der Waals surface area contributed by atoms with Gasteiger partial charge in [-0.15, -0.1) is 0 Å². The molecular formula is C13H15BrN2O2. The van der Waals surface area contributed by atoms with E-state index in [4.69, 9.17) is 5.73 Å². The number of anilines is 1. The molecule has 0 atom stereocenters. The van der Waals surface area contributed by atoms with Crippen molar-refractivity contribution in [2.24, 2.45) is 5.73 Å². The maximum atomic E-state index is 12.0. The van der Waals surface area contributed by atoms with E-state index >= 15 is 0 Å². The van der Waals surface area contributed by atoms with Crippen LogP contribution in [0, 0.1) is 0 Å². The zero-order valence-corrected chi connectivity index (χ0v) is 11.5. The summed E-state index contributed by atoms with van der Waals surface area (Å²) < 4.78 is 0.934. The third kappa shape index (κ3) is 2.72. The number of primary amides is 1. The molecule has 96 valence electrons. The topological polar surface area (TPSA) is 63.4 Å². The molecule has 18 heavy (non-hydrogen) atoms. The minimum Gasteiger partial charge on any atom is -0.361 e. The summed E-state index contributed by atoms with van der Waals surface area (Å²) in [6.07, 6.45) is 4.03. The van der Waals surface area contributed by atoms with Crippen molar-refractivity contribution in [3.8, 4) is 0 Å². The third-order valence-corrected chi connectivity index (χ3v) is 3.75. The Balaban J connectivity index is 2.31. The van der Waals surface area contributed by atoms with Gasteiger partial charge in [0.05, 0.1) is 0 Å². The summed E-state index contributed by atoms with van der Waals surface area (Å²) in [5.41, 5.74) is 5.86. The summed E-state index contributed by atoms with van der Waals surface area (Å²) >= 11 is 3.35. The van der Waals surface area contributed by atoms with Gasteiger partial charge in [0, 0.05) is 16.2 Å². The molecule has 2 amide bonds. The minimum absolute atomic E-state index is 0.0891. The zero-order valence-electron chi connectivity index (χ0n) is 9.93. The Labute approximate surface area is 114 Å². The maximum absolute atomic E-state index is 12.0. The van der Waals surface area contributed by atoms with E-state index in [9.17, 15) is 9.59 Å². The summed E-state index contributed by atoms with van der Waals surface area (Å²) in [6.45, 7) is 0. The van der Waals surface area contributed by atoms with E-state index in [2.05, 4.69) is 15.9 Å². The molecule has 0 radical (unpaired) electrons. The normalized spacial score (nSPS) is 15.6. The number of nitrogens with two attached hydrogens (primary N) is 1. The maximum Gasteiger partial charge on any atom is 0.316 e. The number of hydrogen-bond acceptors (Lipinski definition) is 2. The van der Waals surface area contributed by atoms with Gasteiger partial charge in [-0.3, -0.25) is 9.59 Å². The molecule has 0 unspecified atom stereocenters. The molecular weight excluding hydrogens is 296 g/mol. The van der Waals surface area contributed by atoms with Crippen LogP contribution in [0.15, 0.2) is 28.7 Å². The molecule has 0 spiro atoms. The predicted molar refractivity (Wildman–Crippen MR) is 73.1 cm³/mol. The molecule has 1 aliphatic rings. The van der Waals surface area contributed by atoms with E-state index in [1.807, 2.05) is 24.3 Å². The standard InChI is InChI=1S/C13H15BrN2O2/c14-9-5-7-11(8-6-9)16(13(18)12(15)17)10-3-1-2-4-10/h5-8,10H,1-4H2,(H2,15,17). The van der Waals surface area contributed by atoms with Crippen LogP contribution in [0.1, 0.15) is 25.7 Å². The van der Waals surface area contributed by atoms with E-state index in [1.165, 1.54) is 0 Å². The molecule has 4 nitrogen and oxygen atoms in total. The van der Waals surface area contributed by atoms with Crippen LogP contribution in [0.3, 0.4) is 0 Å². The van der Waals surface area contributed by atoms with Crippen LogP contribution in [-0.2, 0) is 9.59 Å². The number of hydrogen-bond donors (Lipinski definition) is 1. The first-order valence-electron chi connectivity index (χ1n) is 5.98. The highest BCUT2D eigenvalue weighted by Gasteiger charge is 2.30. The average molecular weight is 311 g/mol. The van der Waals surface area contributed by atoms with Crippen LogP contribution in [0.25, 0.3) is 0 Å². The lowest BCUT2D eigenvalue weighted by Crippen LogP contribution is -2.45. The van der Waals surface area contributed by atoms with E-state index < -0.39 is 11.8 Å². The number of carbonyl (C=O) groups excluding carboxylic acids is 2. The number of carbonyl (C=O) groups is 2. The molecule has 1 aliphatic carbocycles. The van der Waals surface area contributed by atoms with E-state index in [1.54, 1.807) is 4.90 Å². The van der Waals surface area contributed by atoms with Crippen LogP contribution in [0.2, 0.25) is 0 Å². The fraction of sp³-hybridized carbons (Fsp3) is 0.385. The lowest BCUT2D eigenvalue weighted by molar-refractivity contribution is -0.136. The van der Waals surface area contributed by atoms with E-state index in [0.717, 1.165) is 35.8 Å². The summed E-state index contributed by atoms with van der Waals surface area (Å²) in [4.78, 5) is 24.7. The Morgan fingerprint density at radius 2 is 1.72 bits per heavy atom. The van der Waals surface area contributed by atoms with Gasteiger partial charge in [-0.1, -0.05) is 28.8 Å². The van der Waals surface area contributed by atoms with Gasteiger partial charge in [0.2, 0.25) is 0 Å². The molecule has 2 N–H and O–H groups in total. The first-order valence-corrected chi connectivity index (χ1v) is 6.77. The van der Waals surface area contributed by atoms with E-state index in [0.29, 0.717) is 0 Å². The largest absolute Gasteiger partial charge is 0.361 e. The molecule has 0 bridgehead atoms. The van der Waals surface area contributed by atoms with Gasteiger partial charge in [0.1, 0.15) is 0 Å². The summed E-state index contributed by atoms with van der Waals surface area (Å²) in [5.74, 6) is -1.52. The number of benzene rings is 1. The Hall–Kier alpha value is -1.36. The van der Waals surface area contributed by atoms with Crippen molar-refractivity contribution in [2.75, 3.05) is 4.90 Å². The molecule has 2 rings (SSSR count). The van der Waals surface area contributed by atoms with Crippen LogP contribution < -0.4 is 10.6 Å². The van der Waals surface area contributed by atoms with Crippen molar-refractivity contribution >= 4 is 33.4 Å². The van der Waals surface area contributed by atoms with Gasteiger partial charge in [-0.25, -0.2) is 0 Å². The SMILES string of the molecule is NC(=O)C(=O)N(c1ccc(Br)cc1)C1CCCC1. The number of amides is 2. The third-order valence-electron chi connectivity index (χ3n) is 3.22. The zero-order chi connectivity index (χ0) is 13.1. The van der Waals surface area contributed by atoms with Gasteiger partial charge in [0.25, 0.3) is 0 Å². The molecule has 1 aromatic carbocycles. The highest BCUT2D eigenvalue weighted by Crippen LogP contribution is 2.29. The van der Waals surface area contributed by atoms with Gasteiger partial charge in [-0.05, 0) is 37.1 Å². The van der Waals surface area contributed by atoms with Crippen molar-refractivity contribution in [3.05, 3.63) is 28.7 Å². The highest BCUT2D eigenvalue weighted by molar-refractivity contribution is 9.10. The van der Waals surface area contributed by atoms with Crippen LogP contribution >= 0.6 is 15.9 Å². The molecule has 1 saturated carbocycles. The molecule has 0 aromatic heterocycles. The Morgan fingerprint density at radius 1 is 1.17 bits per heavy atom. The lowest BCUT2D eigenvalue weighted by Gasteiger charge is -2.27. The second kappa shape index (κ2) is 5.52. The quantitative estimate of drug-likeness (QED) is 0.851. The van der Waals surface area contributed by atoms with Crippen molar-refractivity contribution < 1.29 is 9.59 Å². The highest BCUT2D eigenvalue weighted by atomic mass is 79.9. The summed E-state index contributed by atoms with van der Waals surface area (Å²) in [6, 6.07) is 7.44. The molecule has 0 heterocycles. The fourth-order valence-corrected chi connectivity index (χ4v) is 2.64. The smallest absolute Gasteiger partial charge is 0.316 e. The molecule has 1 fully saturated rings. The van der Waals surface area contributed by atoms with Crippen molar-refractivity contribution in [1.82, 2.24) is 0 Å². The Kier molecular flexibility index (Phi) is 4.01. The monoisotopic (exact) mass is 310 g/mol. The Bertz CT molecular complexity index is 453. The lowest BCUT2D eigenvalue weighted by atomic mass is 10.1. The van der Waals surface area contributed by atoms with Gasteiger partial charge < -0.3 is 10.6 Å². The first kappa shape index (κ1) is 13.1. The Morgan fingerprint density at radius 3 is 2.22 bits per heavy atom. The molecule has 0 aliphatic heterocycles. The van der Waals surface area contributed by atoms with Gasteiger partial charge in [0.15, 0.2) is 0 Å².